The summed E-state index contributed by atoms with van der Waals surface area (Å²) in [5.74, 6) is 0.674. The smallest absolute Gasteiger partial charge is 0.138 e. The molecule has 0 heterocycles. The van der Waals surface area contributed by atoms with Gasteiger partial charge in [-0.2, -0.15) is 0 Å². The van der Waals surface area contributed by atoms with Crippen LogP contribution in [-0.2, 0) is 0 Å². The monoisotopic (exact) mass is 329 g/mol. The molecule has 2 nitrogen and oxygen atoms in total. The lowest BCUT2D eigenvalue weighted by Gasteiger charge is -2.17. The largest absolute Gasteiger partial charge is 0.487 e. The summed E-state index contributed by atoms with van der Waals surface area (Å²) in [6, 6.07) is 12.7. The van der Waals surface area contributed by atoms with Gasteiger partial charge in [0.25, 0.3) is 0 Å². The molecule has 1 N–H and O–H groups in total. The maximum Gasteiger partial charge on any atom is 0.138 e. The van der Waals surface area contributed by atoms with Crippen molar-refractivity contribution >= 4 is 40.5 Å². The highest BCUT2D eigenvalue weighted by molar-refractivity contribution is 6.35. The summed E-state index contributed by atoms with van der Waals surface area (Å²) in [6.45, 7) is 2.57. The minimum Gasteiger partial charge on any atom is -0.487 e. The molecule has 1 atom stereocenters. The van der Waals surface area contributed by atoms with Crippen LogP contribution in [0, 0.1) is 0 Å². The zero-order valence-corrected chi connectivity index (χ0v) is 13.1. The Labute approximate surface area is 133 Å². The third-order valence-corrected chi connectivity index (χ3v) is 3.37. The molecule has 20 heavy (non-hydrogen) atoms. The van der Waals surface area contributed by atoms with Crippen LogP contribution in [0.15, 0.2) is 42.5 Å². The fourth-order valence-corrected chi connectivity index (χ4v) is 2.42. The van der Waals surface area contributed by atoms with Gasteiger partial charge in [-0.25, -0.2) is 0 Å². The number of hydrogen-bond acceptors (Lipinski definition) is 2. The Balaban J connectivity index is 1.92. The lowest BCUT2D eigenvalue weighted by Crippen LogP contribution is -2.22. The van der Waals surface area contributed by atoms with E-state index in [9.17, 15) is 0 Å². The Morgan fingerprint density at radius 2 is 1.70 bits per heavy atom. The first-order valence-electron chi connectivity index (χ1n) is 6.16. The molecule has 5 heteroatoms. The van der Waals surface area contributed by atoms with Gasteiger partial charge in [0, 0.05) is 15.7 Å². The summed E-state index contributed by atoms with van der Waals surface area (Å²) in [6.07, 6.45) is -0.0485. The second-order valence-electron chi connectivity index (χ2n) is 4.40. The van der Waals surface area contributed by atoms with Gasteiger partial charge in [0.15, 0.2) is 0 Å². The average molecular weight is 331 g/mol. The van der Waals surface area contributed by atoms with Crippen LogP contribution in [0.5, 0.6) is 5.75 Å². The van der Waals surface area contributed by atoms with Crippen LogP contribution < -0.4 is 10.1 Å². The van der Waals surface area contributed by atoms with Gasteiger partial charge in [0.05, 0.1) is 11.6 Å². The zero-order valence-electron chi connectivity index (χ0n) is 10.9. The molecular formula is C15H14Cl3NO. The fourth-order valence-electron chi connectivity index (χ4n) is 1.72. The molecule has 0 saturated carbocycles. The Kier molecular flexibility index (Phi) is 5.41. The number of nitrogens with one attached hydrogen (secondary N) is 1. The molecule has 2 rings (SSSR count). The van der Waals surface area contributed by atoms with E-state index in [1.54, 1.807) is 12.1 Å². The van der Waals surface area contributed by atoms with Crippen LogP contribution in [0.25, 0.3) is 0 Å². The van der Waals surface area contributed by atoms with Crippen LogP contribution in [0.1, 0.15) is 6.92 Å². The van der Waals surface area contributed by atoms with Crippen molar-refractivity contribution in [3.63, 3.8) is 0 Å². The first-order chi connectivity index (χ1) is 9.54. The summed E-state index contributed by atoms with van der Waals surface area (Å²) in [7, 11) is 0. The van der Waals surface area contributed by atoms with Crippen molar-refractivity contribution in [1.82, 2.24) is 0 Å². The van der Waals surface area contributed by atoms with Crippen molar-refractivity contribution in [1.29, 1.82) is 0 Å². The van der Waals surface area contributed by atoms with Crippen LogP contribution in [0.3, 0.4) is 0 Å². The van der Waals surface area contributed by atoms with Crippen LogP contribution in [0.2, 0.25) is 15.1 Å². The van der Waals surface area contributed by atoms with Gasteiger partial charge < -0.3 is 10.1 Å². The third kappa shape index (κ3) is 4.48. The third-order valence-electron chi connectivity index (χ3n) is 2.62. The number of benzene rings is 2. The molecule has 2 aromatic rings. The van der Waals surface area contributed by atoms with Crippen molar-refractivity contribution in [2.24, 2.45) is 0 Å². The SMILES string of the molecule is CC(CNc1cc(Cl)cc(Cl)c1)Oc1ccccc1Cl. The van der Waals surface area contributed by atoms with Crippen LogP contribution >= 0.6 is 34.8 Å². The predicted octanol–water partition coefficient (Wildman–Crippen LogP) is 5.53. The van der Waals surface area contributed by atoms with Crippen molar-refractivity contribution in [2.75, 3.05) is 11.9 Å². The van der Waals surface area contributed by atoms with Crippen LogP contribution in [0.4, 0.5) is 5.69 Å². The highest BCUT2D eigenvalue weighted by Gasteiger charge is 2.07. The second kappa shape index (κ2) is 7.07. The zero-order chi connectivity index (χ0) is 14.5. The van der Waals surface area contributed by atoms with Gasteiger partial charge in [-0.05, 0) is 37.3 Å². The summed E-state index contributed by atoms with van der Waals surface area (Å²) in [5.41, 5.74) is 0.858. The number of ether oxygens (including phenoxy) is 1. The molecule has 1 unspecified atom stereocenters. The van der Waals surface area contributed by atoms with E-state index in [1.165, 1.54) is 0 Å². The number of anilines is 1. The summed E-state index contributed by atoms with van der Waals surface area (Å²) < 4.78 is 5.77. The van der Waals surface area contributed by atoms with Crippen molar-refractivity contribution in [2.45, 2.75) is 13.0 Å². The first kappa shape index (κ1) is 15.3. The molecule has 0 fully saturated rings. The predicted molar refractivity (Wildman–Crippen MR) is 86.5 cm³/mol. The molecule has 0 saturated heterocycles. The van der Waals surface area contributed by atoms with Crippen LogP contribution in [-0.4, -0.2) is 12.6 Å². The van der Waals surface area contributed by atoms with Gasteiger partial charge in [0.2, 0.25) is 0 Å². The number of hydrogen-bond donors (Lipinski definition) is 1. The fraction of sp³-hybridized carbons (Fsp3) is 0.200. The maximum absolute atomic E-state index is 6.05. The molecule has 0 aliphatic heterocycles. The topological polar surface area (TPSA) is 21.3 Å². The molecule has 0 aromatic heterocycles. The Morgan fingerprint density at radius 1 is 1.05 bits per heavy atom. The molecule has 0 aliphatic rings. The highest BCUT2D eigenvalue weighted by Crippen LogP contribution is 2.25. The maximum atomic E-state index is 6.05. The number of rotatable bonds is 5. The van der Waals surface area contributed by atoms with Gasteiger partial charge >= 0.3 is 0 Å². The molecular weight excluding hydrogens is 317 g/mol. The number of para-hydroxylation sites is 1. The minimum absolute atomic E-state index is 0.0485. The average Bonchev–Trinajstić information content (AvgIpc) is 2.38. The standard InChI is InChI=1S/C15H14Cl3NO/c1-10(20-15-5-3-2-4-14(15)18)9-19-13-7-11(16)6-12(17)8-13/h2-8,10,19H,9H2,1H3. The second-order valence-corrected chi connectivity index (χ2v) is 5.68. The minimum atomic E-state index is -0.0485. The molecule has 106 valence electrons. The van der Waals surface area contributed by atoms with Crippen molar-refractivity contribution in [3.05, 3.63) is 57.5 Å². The molecule has 0 radical (unpaired) electrons. The van der Waals surface area contributed by atoms with E-state index in [-0.39, 0.29) is 6.10 Å². The molecule has 0 aliphatic carbocycles. The van der Waals surface area contributed by atoms with E-state index < -0.39 is 0 Å². The first-order valence-corrected chi connectivity index (χ1v) is 7.29. The van der Waals surface area contributed by atoms with Gasteiger partial charge in [0.1, 0.15) is 11.9 Å². The van der Waals surface area contributed by atoms with Gasteiger partial charge in [-0.1, -0.05) is 46.9 Å². The lowest BCUT2D eigenvalue weighted by molar-refractivity contribution is 0.235. The molecule has 0 amide bonds. The van der Waals surface area contributed by atoms with Crippen molar-refractivity contribution < 1.29 is 4.74 Å². The Hall–Kier alpha value is -1.09. The Morgan fingerprint density at radius 3 is 2.35 bits per heavy atom. The van der Waals surface area contributed by atoms with Gasteiger partial charge in [-0.3, -0.25) is 0 Å². The molecule has 0 bridgehead atoms. The van der Waals surface area contributed by atoms with E-state index in [4.69, 9.17) is 39.5 Å². The summed E-state index contributed by atoms with van der Waals surface area (Å²) >= 11 is 17.9. The van der Waals surface area contributed by atoms with E-state index >= 15 is 0 Å². The summed E-state index contributed by atoms with van der Waals surface area (Å²) in [4.78, 5) is 0. The van der Waals surface area contributed by atoms with E-state index in [0.29, 0.717) is 27.4 Å². The highest BCUT2D eigenvalue weighted by atomic mass is 35.5. The number of halogens is 3. The lowest BCUT2D eigenvalue weighted by atomic mass is 10.3. The van der Waals surface area contributed by atoms with Gasteiger partial charge in [-0.15, -0.1) is 0 Å². The Bertz CT molecular complexity index is 569. The van der Waals surface area contributed by atoms with E-state index in [1.807, 2.05) is 37.3 Å². The van der Waals surface area contributed by atoms with Crippen molar-refractivity contribution in [3.8, 4) is 5.75 Å². The summed E-state index contributed by atoms with van der Waals surface area (Å²) in [5, 5.41) is 5.02. The normalized spacial score (nSPS) is 12.0. The molecule has 0 spiro atoms. The quantitative estimate of drug-likeness (QED) is 0.778. The molecule has 2 aromatic carbocycles. The van der Waals surface area contributed by atoms with E-state index in [2.05, 4.69) is 5.32 Å². The van der Waals surface area contributed by atoms with E-state index in [0.717, 1.165) is 5.69 Å².